The zero-order chi connectivity index (χ0) is 28.5. The molecule has 41 heavy (non-hydrogen) atoms. The number of nitrogens with one attached hydrogen (secondary N) is 1. The topological polar surface area (TPSA) is 95.2 Å². The van der Waals surface area contributed by atoms with E-state index in [9.17, 15) is 14.4 Å². The molecule has 7 nitrogen and oxygen atoms in total. The minimum absolute atomic E-state index is 0.0881. The van der Waals surface area contributed by atoms with Crippen LogP contribution in [-0.2, 0) is 15.0 Å². The summed E-state index contributed by atoms with van der Waals surface area (Å²) < 4.78 is 2.00. The maximum atomic E-state index is 13.6. The van der Waals surface area contributed by atoms with E-state index in [0.29, 0.717) is 16.8 Å². The smallest absolute Gasteiger partial charge is 0.318 e. The number of hydrogen-bond acceptors (Lipinski definition) is 4. The van der Waals surface area contributed by atoms with Crippen molar-refractivity contribution in [1.82, 2.24) is 9.88 Å². The lowest BCUT2D eigenvalue weighted by atomic mass is 9.48. The van der Waals surface area contributed by atoms with Crippen LogP contribution in [-0.4, -0.2) is 22.4 Å². The fourth-order valence-electron chi connectivity index (χ4n) is 8.49. The summed E-state index contributed by atoms with van der Waals surface area (Å²) in [7, 11) is 0. The van der Waals surface area contributed by atoms with Gasteiger partial charge < -0.3 is 4.57 Å². The zero-order valence-electron chi connectivity index (χ0n) is 23.3. The van der Waals surface area contributed by atoms with Crippen LogP contribution in [0, 0.1) is 42.9 Å². The van der Waals surface area contributed by atoms with E-state index in [1.54, 1.807) is 18.2 Å². The second-order valence-corrected chi connectivity index (χ2v) is 12.5. The molecule has 3 aromatic rings. The fraction of sp³-hybridized carbons (Fsp3) is 0.353. The molecule has 0 radical (unpaired) electrons. The van der Waals surface area contributed by atoms with Gasteiger partial charge in [-0.15, -0.1) is 0 Å². The van der Waals surface area contributed by atoms with Crippen LogP contribution in [0.25, 0.3) is 11.8 Å². The van der Waals surface area contributed by atoms with Crippen LogP contribution >= 0.6 is 0 Å². The van der Waals surface area contributed by atoms with Crippen molar-refractivity contribution in [2.24, 2.45) is 17.8 Å². The number of nitrogens with zero attached hydrogens (tertiary/aromatic N) is 3. The second kappa shape index (κ2) is 9.31. The Morgan fingerprint density at radius 3 is 2.05 bits per heavy atom. The molecule has 4 amide bonds. The number of carbonyl (C=O) groups excluding carboxylic acids is 3. The summed E-state index contributed by atoms with van der Waals surface area (Å²) in [4.78, 5) is 40.5. The number of amides is 4. The monoisotopic (exact) mass is 544 g/mol. The van der Waals surface area contributed by atoms with Crippen molar-refractivity contribution < 1.29 is 14.4 Å². The molecule has 0 unspecified atom stereocenters. The molecule has 5 fully saturated rings. The van der Waals surface area contributed by atoms with Crippen LogP contribution in [0.3, 0.4) is 0 Å². The highest BCUT2D eigenvalue weighted by Gasteiger charge is 2.51. The number of aryl methyl sites for hydroxylation is 1. The Morgan fingerprint density at radius 2 is 1.46 bits per heavy atom. The summed E-state index contributed by atoms with van der Waals surface area (Å²) in [5.41, 5.74) is 5.80. The molecule has 2 aromatic carbocycles. The first-order chi connectivity index (χ1) is 19.7. The van der Waals surface area contributed by atoms with Gasteiger partial charge in [-0.2, -0.15) is 5.26 Å². The summed E-state index contributed by atoms with van der Waals surface area (Å²) >= 11 is 0. The molecular formula is C34H32N4O3. The number of carbonyl (C=O) groups is 3. The van der Waals surface area contributed by atoms with Crippen molar-refractivity contribution in [2.45, 2.75) is 57.8 Å². The average Bonchev–Trinajstić information content (AvgIpc) is 3.22. The number of barbiturate groups is 1. The average molecular weight is 545 g/mol. The largest absolute Gasteiger partial charge is 0.335 e. The molecule has 8 rings (SSSR count). The summed E-state index contributed by atoms with van der Waals surface area (Å²) in [5, 5.41) is 11.5. The summed E-state index contributed by atoms with van der Waals surface area (Å²) in [6.07, 6.45) is 9.40. The molecule has 1 saturated heterocycles. The molecule has 0 atom stereocenters. The van der Waals surface area contributed by atoms with E-state index in [1.807, 2.05) is 48.7 Å². The molecular weight excluding hydrogens is 512 g/mol. The van der Waals surface area contributed by atoms with Gasteiger partial charge in [0.05, 0.1) is 17.3 Å². The molecule has 5 aliphatic rings. The molecule has 1 aromatic heterocycles. The highest BCUT2D eigenvalue weighted by Crippen LogP contribution is 2.60. The van der Waals surface area contributed by atoms with Gasteiger partial charge in [-0.25, -0.2) is 9.69 Å². The van der Waals surface area contributed by atoms with Gasteiger partial charge in [-0.3, -0.25) is 14.9 Å². The third-order valence-corrected chi connectivity index (χ3v) is 9.90. The molecule has 4 saturated carbocycles. The van der Waals surface area contributed by atoms with Gasteiger partial charge in [0.2, 0.25) is 0 Å². The van der Waals surface area contributed by atoms with E-state index >= 15 is 0 Å². The van der Waals surface area contributed by atoms with Gasteiger partial charge in [-0.05, 0) is 135 Å². The van der Waals surface area contributed by atoms with E-state index in [1.165, 1.54) is 44.1 Å². The highest BCUT2D eigenvalue weighted by molar-refractivity contribution is 6.39. The Hall–Kier alpha value is -4.44. The van der Waals surface area contributed by atoms with Crippen molar-refractivity contribution in [3.8, 4) is 11.8 Å². The van der Waals surface area contributed by atoms with E-state index in [-0.39, 0.29) is 11.0 Å². The first kappa shape index (κ1) is 25.5. The zero-order valence-corrected chi connectivity index (χ0v) is 23.3. The van der Waals surface area contributed by atoms with Gasteiger partial charge in [0, 0.05) is 17.1 Å². The maximum absolute atomic E-state index is 13.6. The lowest BCUT2D eigenvalue weighted by Crippen LogP contribution is -2.54. The Morgan fingerprint density at radius 1 is 0.878 bits per heavy atom. The summed E-state index contributed by atoms with van der Waals surface area (Å²) in [6.45, 7) is 3.85. The number of rotatable bonds is 4. The van der Waals surface area contributed by atoms with E-state index in [2.05, 4.69) is 23.5 Å². The third kappa shape index (κ3) is 4.12. The number of aromatic nitrogens is 1. The van der Waals surface area contributed by atoms with Gasteiger partial charge >= 0.3 is 6.03 Å². The maximum Gasteiger partial charge on any atom is 0.335 e. The highest BCUT2D eigenvalue weighted by atomic mass is 16.2. The van der Waals surface area contributed by atoms with Gasteiger partial charge in [0.25, 0.3) is 11.8 Å². The van der Waals surface area contributed by atoms with Crippen LogP contribution in [0.2, 0.25) is 0 Å². The van der Waals surface area contributed by atoms with Gasteiger partial charge in [-0.1, -0.05) is 12.1 Å². The molecule has 206 valence electrons. The Kier molecular flexibility index (Phi) is 5.79. The number of nitriles is 1. The number of hydrogen-bond donors (Lipinski definition) is 1. The van der Waals surface area contributed by atoms with Crippen LogP contribution in [0.15, 0.2) is 60.2 Å². The van der Waals surface area contributed by atoms with Crippen molar-refractivity contribution in [3.63, 3.8) is 0 Å². The predicted octanol–water partition coefficient (Wildman–Crippen LogP) is 6.10. The Balaban J connectivity index is 1.18. The first-order valence-corrected chi connectivity index (χ1v) is 14.5. The van der Waals surface area contributed by atoms with E-state index < -0.39 is 17.8 Å². The summed E-state index contributed by atoms with van der Waals surface area (Å²) in [5.74, 6) is 1.14. The van der Waals surface area contributed by atoms with Crippen molar-refractivity contribution in [2.75, 3.05) is 4.90 Å². The lowest BCUT2D eigenvalue weighted by molar-refractivity contribution is -0.122. The quantitative estimate of drug-likeness (QED) is 0.317. The van der Waals surface area contributed by atoms with Gasteiger partial charge in [0.1, 0.15) is 5.57 Å². The normalized spacial score (nSPS) is 27.8. The standard InChI is InChI=1S/C34H32N4O3/c1-20-11-26(21(2)37(20)28-7-3-22(19-35)4-8-28)15-30-31(39)36-33(41)38(32(30)40)29-9-5-27(6-10-29)34-16-23-12-24(17-34)14-25(13-23)18-34/h3-11,15,23-25H,12-14,16-18H2,1-2H3,(H,36,39,41)/b30-15+. The minimum Gasteiger partial charge on any atom is -0.318 e. The van der Waals surface area contributed by atoms with Gasteiger partial charge in [0.15, 0.2) is 0 Å². The lowest BCUT2D eigenvalue weighted by Gasteiger charge is -2.57. The number of urea groups is 1. The second-order valence-electron chi connectivity index (χ2n) is 12.5. The van der Waals surface area contributed by atoms with Crippen molar-refractivity contribution >= 4 is 29.6 Å². The third-order valence-electron chi connectivity index (χ3n) is 9.90. The van der Waals surface area contributed by atoms with E-state index in [4.69, 9.17) is 5.26 Å². The van der Waals surface area contributed by atoms with Crippen LogP contribution in [0.1, 0.15) is 66.6 Å². The molecule has 1 N–H and O–H groups in total. The molecule has 1 aliphatic heterocycles. The number of imide groups is 2. The molecule has 4 aliphatic carbocycles. The molecule has 0 spiro atoms. The van der Waals surface area contributed by atoms with Crippen LogP contribution in [0.4, 0.5) is 10.5 Å². The molecule has 4 bridgehead atoms. The van der Waals surface area contributed by atoms with E-state index in [0.717, 1.165) is 39.7 Å². The summed E-state index contributed by atoms with van der Waals surface area (Å²) in [6, 6.07) is 18.4. The first-order valence-electron chi connectivity index (χ1n) is 14.5. The van der Waals surface area contributed by atoms with Crippen LogP contribution < -0.4 is 10.2 Å². The van der Waals surface area contributed by atoms with Crippen molar-refractivity contribution in [1.29, 1.82) is 5.26 Å². The minimum atomic E-state index is -0.734. The Labute approximate surface area is 239 Å². The Bertz CT molecular complexity index is 1630. The molecule has 7 heteroatoms. The predicted molar refractivity (Wildman–Crippen MR) is 155 cm³/mol. The fourth-order valence-corrected chi connectivity index (χ4v) is 8.49. The molecule has 2 heterocycles. The number of anilines is 1. The SMILES string of the molecule is Cc1cc(/C=C2\C(=O)NC(=O)N(c3ccc(C45CC6CC(CC(C6)C4)C5)cc3)C2=O)c(C)n1-c1ccc(C#N)cc1. The van der Waals surface area contributed by atoms with Crippen LogP contribution in [0.5, 0.6) is 0 Å². The number of benzene rings is 2. The van der Waals surface area contributed by atoms with Crippen molar-refractivity contribution in [3.05, 3.63) is 88.2 Å².